The number of hydrogen-bond donors (Lipinski definition) is 1. The summed E-state index contributed by atoms with van der Waals surface area (Å²) in [6.07, 6.45) is 4.44. The van der Waals surface area contributed by atoms with Gasteiger partial charge in [-0.3, -0.25) is 4.79 Å². The van der Waals surface area contributed by atoms with Gasteiger partial charge in [-0.05, 0) is 67.4 Å². The van der Waals surface area contributed by atoms with Crippen molar-refractivity contribution in [1.29, 1.82) is 0 Å². The minimum atomic E-state index is -0.102. The van der Waals surface area contributed by atoms with Gasteiger partial charge in [0.1, 0.15) is 0 Å². The summed E-state index contributed by atoms with van der Waals surface area (Å²) in [6, 6.07) is 1.82. The van der Waals surface area contributed by atoms with Crippen LogP contribution in [0.2, 0.25) is 0 Å². The first-order chi connectivity index (χ1) is 8.39. The van der Waals surface area contributed by atoms with Crippen LogP contribution in [-0.4, -0.2) is 11.4 Å². The van der Waals surface area contributed by atoms with E-state index in [1.54, 1.807) is 0 Å². The highest BCUT2D eigenvalue weighted by molar-refractivity contribution is 9.10. The Balaban J connectivity index is 2.05. The summed E-state index contributed by atoms with van der Waals surface area (Å²) < 4.78 is 5.99. The Bertz CT molecular complexity index is 445. The standard InChI is InChI=1S/C14H20BrNO2/c1-9-4-6-14(3,7-5-9)16-13(17)12-10(2)8-11(15)18-12/h8-9H,4-7H2,1-3H3,(H,16,17). The van der Waals surface area contributed by atoms with Gasteiger partial charge in [0.15, 0.2) is 10.4 Å². The van der Waals surface area contributed by atoms with E-state index >= 15 is 0 Å². The lowest BCUT2D eigenvalue weighted by atomic mass is 9.78. The Hall–Kier alpha value is -0.770. The molecule has 0 atom stereocenters. The molecule has 1 aromatic rings. The lowest BCUT2D eigenvalue weighted by molar-refractivity contribution is 0.0839. The molecule has 1 fully saturated rings. The molecule has 0 spiro atoms. The molecule has 3 nitrogen and oxygen atoms in total. The van der Waals surface area contributed by atoms with Gasteiger partial charge in [-0.15, -0.1) is 0 Å². The fourth-order valence-corrected chi connectivity index (χ4v) is 3.03. The molecule has 1 N–H and O–H groups in total. The smallest absolute Gasteiger partial charge is 0.287 e. The SMILES string of the molecule is Cc1cc(Br)oc1C(=O)NC1(C)CCC(C)CC1. The summed E-state index contributed by atoms with van der Waals surface area (Å²) in [5.74, 6) is 1.09. The number of amides is 1. The van der Waals surface area contributed by atoms with Crippen molar-refractivity contribution in [1.82, 2.24) is 5.32 Å². The van der Waals surface area contributed by atoms with Crippen molar-refractivity contribution < 1.29 is 9.21 Å². The topological polar surface area (TPSA) is 42.2 Å². The number of halogens is 1. The summed E-state index contributed by atoms with van der Waals surface area (Å²) in [5, 5.41) is 3.13. The van der Waals surface area contributed by atoms with Crippen molar-refractivity contribution in [3.8, 4) is 0 Å². The molecular formula is C14H20BrNO2. The molecule has 100 valence electrons. The minimum Gasteiger partial charge on any atom is -0.444 e. The Kier molecular flexibility index (Phi) is 3.85. The van der Waals surface area contributed by atoms with E-state index < -0.39 is 0 Å². The van der Waals surface area contributed by atoms with Crippen molar-refractivity contribution in [2.24, 2.45) is 5.92 Å². The third kappa shape index (κ3) is 2.97. The van der Waals surface area contributed by atoms with Gasteiger partial charge >= 0.3 is 0 Å². The first-order valence-electron chi connectivity index (χ1n) is 6.48. The second-order valence-corrected chi connectivity index (χ2v) is 6.54. The molecule has 1 aromatic heterocycles. The van der Waals surface area contributed by atoms with Gasteiger partial charge in [-0.25, -0.2) is 0 Å². The van der Waals surface area contributed by atoms with E-state index in [1.807, 2.05) is 13.0 Å². The number of carbonyl (C=O) groups excluding carboxylic acids is 1. The number of aryl methyl sites for hydroxylation is 1. The highest BCUT2D eigenvalue weighted by atomic mass is 79.9. The Morgan fingerprint density at radius 1 is 1.50 bits per heavy atom. The predicted octanol–water partition coefficient (Wildman–Crippen LogP) is 4.05. The molecule has 0 aliphatic heterocycles. The first-order valence-corrected chi connectivity index (χ1v) is 7.27. The quantitative estimate of drug-likeness (QED) is 0.895. The third-order valence-corrected chi connectivity index (χ3v) is 4.28. The molecule has 1 heterocycles. The Morgan fingerprint density at radius 2 is 2.11 bits per heavy atom. The van der Waals surface area contributed by atoms with Gasteiger partial charge in [-0.2, -0.15) is 0 Å². The van der Waals surface area contributed by atoms with Crippen LogP contribution in [0.3, 0.4) is 0 Å². The number of rotatable bonds is 2. The van der Waals surface area contributed by atoms with Crippen LogP contribution in [0, 0.1) is 12.8 Å². The average molecular weight is 314 g/mol. The predicted molar refractivity (Wildman–Crippen MR) is 74.6 cm³/mol. The number of furan rings is 1. The van der Waals surface area contributed by atoms with Crippen molar-refractivity contribution in [3.63, 3.8) is 0 Å². The normalized spacial score (nSPS) is 28.1. The first kappa shape index (κ1) is 13.7. The molecule has 0 radical (unpaired) electrons. The molecule has 1 amide bonds. The van der Waals surface area contributed by atoms with Gasteiger partial charge in [0, 0.05) is 11.1 Å². The molecule has 1 aliphatic carbocycles. The van der Waals surface area contributed by atoms with Crippen LogP contribution in [0.4, 0.5) is 0 Å². The van der Waals surface area contributed by atoms with E-state index in [0.29, 0.717) is 10.4 Å². The molecule has 1 saturated carbocycles. The van der Waals surface area contributed by atoms with Crippen LogP contribution in [0.1, 0.15) is 55.6 Å². The molecule has 4 heteroatoms. The maximum Gasteiger partial charge on any atom is 0.287 e. The third-order valence-electron chi connectivity index (χ3n) is 3.89. The van der Waals surface area contributed by atoms with Crippen molar-refractivity contribution in [2.45, 2.75) is 52.0 Å². The lowest BCUT2D eigenvalue weighted by Crippen LogP contribution is -2.48. The van der Waals surface area contributed by atoms with E-state index in [9.17, 15) is 4.79 Å². The van der Waals surface area contributed by atoms with E-state index in [1.165, 1.54) is 12.8 Å². The largest absolute Gasteiger partial charge is 0.444 e. The molecular weight excluding hydrogens is 294 g/mol. The van der Waals surface area contributed by atoms with Crippen LogP contribution in [0.25, 0.3) is 0 Å². The van der Waals surface area contributed by atoms with Gasteiger partial charge in [-0.1, -0.05) is 6.92 Å². The van der Waals surface area contributed by atoms with Crippen molar-refractivity contribution >= 4 is 21.8 Å². The second-order valence-electron chi connectivity index (χ2n) is 5.76. The zero-order valence-electron chi connectivity index (χ0n) is 11.2. The van der Waals surface area contributed by atoms with Gasteiger partial charge in [0.2, 0.25) is 0 Å². The van der Waals surface area contributed by atoms with Crippen molar-refractivity contribution in [3.05, 3.63) is 22.1 Å². The monoisotopic (exact) mass is 313 g/mol. The average Bonchev–Trinajstić information content (AvgIpc) is 2.63. The number of hydrogen-bond acceptors (Lipinski definition) is 2. The molecule has 0 aromatic carbocycles. The lowest BCUT2D eigenvalue weighted by Gasteiger charge is -2.36. The number of carbonyl (C=O) groups is 1. The fourth-order valence-electron chi connectivity index (χ4n) is 2.52. The van der Waals surface area contributed by atoms with E-state index in [0.717, 1.165) is 24.3 Å². The van der Waals surface area contributed by atoms with Crippen LogP contribution >= 0.6 is 15.9 Å². The summed E-state index contributed by atoms with van der Waals surface area (Å²) in [7, 11) is 0. The van der Waals surface area contributed by atoms with Crippen molar-refractivity contribution in [2.75, 3.05) is 0 Å². The Morgan fingerprint density at radius 3 is 2.61 bits per heavy atom. The van der Waals surface area contributed by atoms with Crippen LogP contribution in [-0.2, 0) is 0 Å². The van der Waals surface area contributed by atoms with Crippen LogP contribution < -0.4 is 5.32 Å². The second kappa shape index (κ2) is 5.08. The van der Waals surface area contributed by atoms with Gasteiger partial charge < -0.3 is 9.73 Å². The maximum absolute atomic E-state index is 12.2. The fraction of sp³-hybridized carbons (Fsp3) is 0.643. The molecule has 2 rings (SSSR count). The molecule has 0 bridgehead atoms. The van der Waals surface area contributed by atoms with Crippen LogP contribution in [0.15, 0.2) is 15.2 Å². The van der Waals surface area contributed by atoms with E-state index in [-0.39, 0.29) is 11.4 Å². The van der Waals surface area contributed by atoms with E-state index in [2.05, 4.69) is 35.1 Å². The zero-order chi connectivity index (χ0) is 13.3. The summed E-state index contributed by atoms with van der Waals surface area (Å²) in [6.45, 7) is 6.29. The highest BCUT2D eigenvalue weighted by Gasteiger charge is 2.32. The maximum atomic E-state index is 12.2. The van der Waals surface area contributed by atoms with Gasteiger partial charge in [0.25, 0.3) is 5.91 Å². The summed E-state index contributed by atoms with van der Waals surface area (Å²) >= 11 is 3.25. The Labute approximate surface area is 116 Å². The molecule has 18 heavy (non-hydrogen) atoms. The summed E-state index contributed by atoms with van der Waals surface area (Å²) in [4.78, 5) is 12.2. The van der Waals surface area contributed by atoms with Crippen LogP contribution in [0.5, 0.6) is 0 Å². The zero-order valence-corrected chi connectivity index (χ0v) is 12.8. The molecule has 0 unspecified atom stereocenters. The molecule has 1 aliphatic rings. The number of nitrogens with one attached hydrogen (secondary N) is 1. The highest BCUT2D eigenvalue weighted by Crippen LogP contribution is 2.32. The van der Waals surface area contributed by atoms with Gasteiger partial charge in [0.05, 0.1) is 0 Å². The minimum absolute atomic E-state index is 0.0880. The van der Waals surface area contributed by atoms with E-state index in [4.69, 9.17) is 4.42 Å². The summed E-state index contributed by atoms with van der Waals surface area (Å²) in [5.41, 5.74) is 0.780. The molecule has 0 saturated heterocycles.